The van der Waals surface area contributed by atoms with E-state index in [0.29, 0.717) is 5.56 Å². The monoisotopic (exact) mass is 296 g/mol. The van der Waals surface area contributed by atoms with Crippen LogP contribution in [0.4, 0.5) is 10.3 Å². The number of rotatable bonds is 2. The molecule has 2 rings (SSSR count). The molecule has 1 aromatic carbocycles. The lowest BCUT2D eigenvalue weighted by Gasteiger charge is -1.98. The highest BCUT2D eigenvalue weighted by molar-refractivity contribution is 9.10. The largest absolute Gasteiger partial charge is 0.368 e. The van der Waals surface area contributed by atoms with Crippen molar-refractivity contribution in [3.05, 3.63) is 45.9 Å². The molecule has 2 aromatic rings. The van der Waals surface area contributed by atoms with Crippen LogP contribution in [0.25, 0.3) is 0 Å². The maximum Gasteiger partial charge on any atom is 0.221 e. The fourth-order valence-corrected chi connectivity index (χ4v) is 1.71. The van der Waals surface area contributed by atoms with Crippen molar-refractivity contribution in [1.82, 2.24) is 9.66 Å². The number of halogens is 2. The van der Waals surface area contributed by atoms with Gasteiger partial charge in [0.15, 0.2) is 0 Å². The van der Waals surface area contributed by atoms with E-state index in [9.17, 15) is 4.39 Å². The number of hydrogen-bond acceptors (Lipinski definition) is 3. The lowest BCUT2D eigenvalue weighted by atomic mass is 10.2. The number of imidazole rings is 1. The Morgan fingerprint density at radius 1 is 1.53 bits per heavy atom. The van der Waals surface area contributed by atoms with Crippen molar-refractivity contribution >= 4 is 28.1 Å². The Morgan fingerprint density at radius 2 is 2.29 bits per heavy atom. The lowest BCUT2D eigenvalue weighted by molar-refractivity contribution is 0.625. The number of nitrogens with two attached hydrogens (primary N) is 1. The fourth-order valence-electron chi connectivity index (χ4n) is 1.33. The molecular weight excluding hydrogens is 287 g/mol. The lowest BCUT2D eigenvalue weighted by Crippen LogP contribution is -1.97. The van der Waals surface area contributed by atoms with Crippen molar-refractivity contribution in [3.63, 3.8) is 0 Å². The predicted octanol–water partition coefficient (Wildman–Crippen LogP) is 2.56. The number of hydrogen-bond donors (Lipinski definition) is 1. The maximum absolute atomic E-state index is 13.4. The summed E-state index contributed by atoms with van der Waals surface area (Å²) in [5.41, 5.74) is 6.75. The zero-order chi connectivity index (χ0) is 12.4. The van der Waals surface area contributed by atoms with Crippen LogP contribution in [0.3, 0.4) is 0 Å². The summed E-state index contributed by atoms with van der Waals surface area (Å²) in [6, 6.07) is 4.63. The Labute approximate surface area is 106 Å². The van der Waals surface area contributed by atoms with Gasteiger partial charge in [0, 0.05) is 10.0 Å². The van der Waals surface area contributed by atoms with Gasteiger partial charge >= 0.3 is 0 Å². The van der Waals surface area contributed by atoms with Crippen molar-refractivity contribution in [2.45, 2.75) is 6.92 Å². The van der Waals surface area contributed by atoms with Crippen LogP contribution in [0, 0.1) is 12.7 Å². The van der Waals surface area contributed by atoms with Crippen molar-refractivity contribution in [3.8, 4) is 0 Å². The van der Waals surface area contributed by atoms with Crippen molar-refractivity contribution < 1.29 is 4.39 Å². The number of nitrogens with zero attached hydrogens (tertiary/aromatic N) is 3. The molecule has 0 radical (unpaired) electrons. The van der Waals surface area contributed by atoms with Crippen molar-refractivity contribution in [2.24, 2.45) is 5.10 Å². The van der Waals surface area contributed by atoms with Crippen LogP contribution in [0.1, 0.15) is 11.3 Å². The van der Waals surface area contributed by atoms with E-state index in [1.54, 1.807) is 18.3 Å². The minimum Gasteiger partial charge on any atom is -0.368 e. The molecule has 0 aliphatic rings. The highest BCUT2D eigenvalue weighted by Gasteiger charge is 2.01. The Morgan fingerprint density at radius 3 is 2.94 bits per heavy atom. The molecule has 0 amide bonds. The van der Waals surface area contributed by atoms with E-state index in [1.165, 1.54) is 17.0 Å². The summed E-state index contributed by atoms with van der Waals surface area (Å²) in [6.45, 7) is 1.81. The fraction of sp³-hybridized carbons (Fsp3) is 0.0909. The molecule has 1 aromatic heterocycles. The summed E-state index contributed by atoms with van der Waals surface area (Å²) in [4.78, 5) is 3.99. The van der Waals surface area contributed by atoms with E-state index in [1.807, 2.05) is 6.92 Å². The second-order valence-corrected chi connectivity index (χ2v) is 4.41. The summed E-state index contributed by atoms with van der Waals surface area (Å²) in [6.07, 6.45) is 3.07. The Balaban J connectivity index is 2.31. The number of anilines is 1. The Kier molecular flexibility index (Phi) is 3.23. The summed E-state index contributed by atoms with van der Waals surface area (Å²) < 4.78 is 15.6. The van der Waals surface area contributed by atoms with Crippen molar-refractivity contribution in [1.29, 1.82) is 0 Å². The second kappa shape index (κ2) is 4.67. The normalized spacial score (nSPS) is 11.2. The summed E-state index contributed by atoms with van der Waals surface area (Å²) in [7, 11) is 0. The van der Waals surface area contributed by atoms with E-state index >= 15 is 0 Å². The average Bonchev–Trinajstić information content (AvgIpc) is 2.59. The molecule has 0 saturated heterocycles. The first-order valence-corrected chi connectivity index (χ1v) is 5.66. The third kappa shape index (κ3) is 2.71. The molecule has 0 unspecified atom stereocenters. The van der Waals surface area contributed by atoms with E-state index in [4.69, 9.17) is 5.73 Å². The van der Waals surface area contributed by atoms with E-state index < -0.39 is 0 Å². The summed E-state index contributed by atoms with van der Waals surface area (Å²) >= 11 is 3.27. The van der Waals surface area contributed by atoms with Crippen LogP contribution in [0.15, 0.2) is 34.0 Å². The molecular formula is C11H10BrFN4. The van der Waals surface area contributed by atoms with Gasteiger partial charge in [-0.1, -0.05) is 15.9 Å². The van der Waals surface area contributed by atoms with Crippen LogP contribution in [0.5, 0.6) is 0 Å². The van der Waals surface area contributed by atoms with Gasteiger partial charge in [-0.3, -0.25) is 0 Å². The Hall–Kier alpha value is -1.69. The summed E-state index contributed by atoms with van der Waals surface area (Å²) in [5.74, 6) is -0.0680. The van der Waals surface area contributed by atoms with Gasteiger partial charge in [-0.25, -0.2) is 14.1 Å². The van der Waals surface area contributed by atoms with Gasteiger partial charge in [-0.15, -0.1) is 0 Å². The van der Waals surface area contributed by atoms with Crippen LogP contribution in [0.2, 0.25) is 0 Å². The van der Waals surface area contributed by atoms with Crippen LogP contribution < -0.4 is 5.73 Å². The molecule has 0 bridgehead atoms. The first-order valence-electron chi connectivity index (χ1n) is 4.87. The average molecular weight is 297 g/mol. The molecule has 6 heteroatoms. The minimum atomic E-state index is -0.340. The zero-order valence-electron chi connectivity index (χ0n) is 9.06. The quantitative estimate of drug-likeness (QED) is 0.866. The van der Waals surface area contributed by atoms with Gasteiger partial charge in [-0.2, -0.15) is 5.10 Å². The number of nitrogen functional groups attached to an aromatic ring is 1. The van der Waals surface area contributed by atoms with E-state index in [0.717, 1.165) is 10.2 Å². The van der Waals surface area contributed by atoms with Crippen LogP contribution in [-0.4, -0.2) is 15.9 Å². The standard InChI is InChI=1S/C11H10BrFN4/c1-7-6-17(11(14)16-7)15-5-8-4-9(12)2-3-10(8)13/h2-6H,1H3,(H2,14,16). The van der Waals surface area contributed by atoms with Gasteiger partial charge in [0.05, 0.1) is 18.1 Å². The van der Waals surface area contributed by atoms with E-state index in [-0.39, 0.29) is 11.8 Å². The minimum absolute atomic E-state index is 0.272. The first kappa shape index (κ1) is 11.8. The van der Waals surface area contributed by atoms with Crippen LogP contribution >= 0.6 is 15.9 Å². The third-order valence-electron chi connectivity index (χ3n) is 2.11. The topological polar surface area (TPSA) is 56.2 Å². The highest BCUT2D eigenvalue weighted by atomic mass is 79.9. The number of aromatic nitrogens is 2. The Bertz CT molecular complexity index is 577. The number of benzene rings is 1. The molecule has 0 aliphatic carbocycles. The molecule has 2 N–H and O–H groups in total. The molecule has 0 saturated carbocycles. The second-order valence-electron chi connectivity index (χ2n) is 3.50. The third-order valence-corrected chi connectivity index (χ3v) is 2.61. The molecule has 4 nitrogen and oxygen atoms in total. The smallest absolute Gasteiger partial charge is 0.221 e. The van der Waals surface area contributed by atoms with Gasteiger partial charge in [0.1, 0.15) is 5.82 Å². The molecule has 88 valence electrons. The molecule has 17 heavy (non-hydrogen) atoms. The summed E-state index contributed by atoms with van der Waals surface area (Å²) in [5, 5.41) is 4.04. The molecule has 0 aliphatic heterocycles. The molecule has 0 spiro atoms. The predicted molar refractivity (Wildman–Crippen MR) is 68.5 cm³/mol. The SMILES string of the molecule is Cc1cn(N=Cc2cc(Br)ccc2F)c(N)n1. The van der Waals surface area contributed by atoms with E-state index in [2.05, 4.69) is 26.0 Å². The maximum atomic E-state index is 13.4. The molecule has 1 heterocycles. The van der Waals surface area contributed by atoms with Crippen LogP contribution in [-0.2, 0) is 0 Å². The van der Waals surface area contributed by atoms with Gasteiger partial charge in [0.25, 0.3) is 0 Å². The van der Waals surface area contributed by atoms with Crippen molar-refractivity contribution in [2.75, 3.05) is 5.73 Å². The molecule has 0 atom stereocenters. The van der Waals surface area contributed by atoms with Gasteiger partial charge in [0.2, 0.25) is 5.95 Å². The first-order chi connectivity index (χ1) is 8.06. The van der Waals surface area contributed by atoms with Gasteiger partial charge in [-0.05, 0) is 25.1 Å². The molecule has 0 fully saturated rings. The highest BCUT2D eigenvalue weighted by Crippen LogP contribution is 2.14. The zero-order valence-corrected chi connectivity index (χ0v) is 10.6. The number of aryl methyl sites for hydroxylation is 1. The van der Waals surface area contributed by atoms with Gasteiger partial charge < -0.3 is 5.73 Å².